The molecule has 2 aliphatic heterocycles. The number of halogens is 1. The molecular formula is C20H22FN3O4S2. The van der Waals surface area contributed by atoms with E-state index in [0.717, 1.165) is 18.6 Å². The van der Waals surface area contributed by atoms with Crippen LogP contribution in [0.2, 0.25) is 0 Å². The highest BCUT2D eigenvalue weighted by molar-refractivity contribution is 7.89. The number of benzene rings is 1. The Kier molecular flexibility index (Phi) is 5.90. The second-order valence-electron chi connectivity index (χ2n) is 7.32. The predicted octanol–water partition coefficient (Wildman–Crippen LogP) is 2.02. The molecular weight excluding hydrogens is 429 g/mol. The summed E-state index contributed by atoms with van der Waals surface area (Å²) in [5.74, 6) is -0.753. The molecule has 1 atom stereocenters. The van der Waals surface area contributed by atoms with Crippen LogP contribution in [0.15, 0.2) is 46.7 Å². The molecule has 2 fully saturated rings. The second-order valence-corrected chi connectivity index (χ2v) is 10.2. The molecule has 0 spiro atoms. The van der Waals surface area contributed by atoms with Gasteiger partial charge < -0.3 is 9.80 Å². The van der Waals surface area contributed by atoms with E-state index in [1.165, 1.54) is 27.8 Å². The first-order valence-corrected chi connectivity index (χ1v) is 12.1. The number of thiophene rings is 1. The normalized spacial score (nSPS) is 20.5. The molecule has 0 aliphatic carbocycles. The van der Waals surface area contributed by atoms with Crippen LogP contribution in [0, 0.1) is 5.82 Å². The van der Waals surface area contributed by atoms with Crippen LogP contribution < -0.4 is 0 Å². The Bertz CT molecular complexity index is 1020. The molecule has 0 bridgehead atoms. The highest BCUT2D eigenvalue weighted by Crippen LogP contribution is 2.25. The summed E-state index contributed by atoms with van der Waals surface area (Å²) in [5.41, 5.74) is 0. The molecule has 0 saturated carbocycles. The quantitative estimate of drug-likeness (QED) is 0.713. The molecule has 3 heterocycles. The van der Waals surface area contributed by atoms with E-state index >= 15 is 0 Å². The van der Waals surface area contributed by atoms with Gasteiger partial charge in [0.2, 0.25) is 15.9 Å². The largest absolute Gasteiger partial charge is 0.338 e. The van der Waals surface area contributed by atoms with Gasteiger partial charge in [-0.3, -0.25) is 9.59 Å². The van der Waals surface area contributed by atoms with Gasteiger partial charge in [-0.2, -0.15) is 4.31 Å². The summed E-state index contributed by atoms with van der Waals surface area (Å²) >= 11 is 1.36. The third-order valence-corrected chi connectivity index (χ3v) is 8.30. The third-order valence-electron chi connectivity index (χ3n) is 5.53. The minimum atomic E-state index is -3.74. The Labute approximate surface area is 178 Å². The van der Waals surface area contributed by atoms with Gasteiger partial charge in [-0.1, -0.05) is 6.07 Å². The summed E-state index contributed by atoms with van der Waals surface area (Å²) in [6.45, 7) is 1.40. The van der Waals surface area contributed by atoms with E-state index in [9.17, 15) is 22.4 Å². The minimum Gasteiger partial charge on any atom is -0.338 e. The lowest BCUT2D eigenvalue weighted by Crippen LogP contribution is -2.55. The van der Waals surface area contributed by atoms with Crippen molar-refractivity contribution in [1.82, 2.24) is 14.1 Å². The maximum atomic E-state index is 13.1. The van der Waals surface area contributed by atoms with Gasteiger partial charge in [-0.25, -0.2) is 12.8 Å². The Hall–Kier alpha value is -2.30. The average molecular weight is 452 g/mol. The number of carbonyl (C=O) groups is 2. The van der Waals surface area contributed by atoms with Crippen LogP contribution in [0.5, 0.6) is 0 Å². The average Bonchev–Trinajstić information content (AvgIpc) is 3.45. The Balaban J connectivity index is 1.40. The maximum absolute atomic E-state index is 13.1. The molecule has 2 aromatic rings. The first-order valence-electron chi connectivity index (χ1n) is 9.77. The monoisotopic (exact) mass is 451 g/mol. The van der Waals surface area contributed by atoms with Crippen LogP contribution in [0.25, 0.3) is 0 Å². The third kappa shape index (κ3) is 3.99. The van der Waals surface area contributed by atoms with E-state index in [-0.39, 0.29) is 42.9 Å². The number of hydrogen-bond acceptors (Lipinski definition) is 5. The van der Waals surface area contributed by atoms with E-state index in [1.807, 2.05) is 11.4 Å². The van der Waals surface area contributed by atoms with Crippen LogP contribution in [0.4, 0.5) is 4.39 Å². The molecule has 2 aliphatic rings. The molecule has 7 nitrogen and oxygen atoms in total. The fraction of sp³-hybridized carbons (Fsp3) is 0.400. The number of carbonyl (C=O) groups excluding carboxylic acids is 2. The van der Waals surface area contributed by atoms with Gasteiger partial charge in [0.1, 0.15) is 11.9 Å². The predicted molar refractivity (Wildman–Crippen MR) is 110 cm³/mol. The van der Waals surface area contributed by atoms with Crippen molar-refractivity contribution in [3.63, 3.8) is 0 Å². The summed E-state index contributed by atoms with van der Waals surface area (Å²) in [6, 6.07) is 7.79. The molecule has 4 rings (SSSR count). The van der Waals surface area contributed by atoms with E-state index in [2.05, 4.69) is 0 Å². The molecule has 1 aromatic heterocycles. The van der Waals surface area contributed by atoms with Gasteiger partial charge >= 0.3 is 0 Å². The fourth-order valence-electron chi connectivity index (χ4n) is 3.92. The molecule has 160 valence electrons. The van der Waals surface area contributed by atoms with Crippen molar-refractivity contribution >= 4 is 33.2 Å². The Morgan fingerprint density at radius 3 is 2.33 bits per heavy atom. The zero-order chi connectivity index (χ0) is 21.3. The zero-order valence-corrected chi connectivity index (χ0v) is 17.9. The van der Waals surface area contributed by atoms with Crippen LogP contribution in [-0.2, 0) is 14.8 Å². The van der Waals surface area contributed by atoms with Gasteiger partial charge in [-0.15, -0.1) is 11.3 Å². The van der Waals surface area contributed by atoms with Crippen molar-refractivity contribution in [1.29, 1.82) is 0 Å². The Morgan fingerprint density at radius 2 is 1.70 bits per heavy atom. The fourth-order valence-corrected chi connectivity index (χ4v) is 6.02. The lowest BCUT2D eigenvalue weighted by molar-refractivity contribution is -0.136. The number of rotatable bonds is 4. The van der Waals surface area contributed by atoms with E-state index in [0.29, 0.717) is 17.8 Å². The summed E-state index contributed by atoms with van der Waals surface area (Å²) in [6.07, 6.45) is 1.39. The molecule has 10 heteroatoms. The first-order chi connectivity index (χ1) is 14.4. The Morgan fingerprint density at radius 1 is 1.00 bits per heavy atom. The van der Waals surface area contributed by atoms with Gasteiger partial charge in [0.15, 0.2) is 0 Å². The maximum Gasteiger partial charge on any atom is 0.264 e. The number of piperazine rings is 1. The van der Waals surface area contributed by atoms with Gasteiger partial charge in [-0.05, 0) is 48.6 Å². The van der Waals surface area contributed by atoms with Crippen molar-refractivity contribution < 1.29 is 22.4 Å². The van der Waals surface area contributed by atoms with Crippen molar-refractivity contribution in [3.05, 3.63) is 52.5 Å². The molecule has 1 aromatic carbocycles. The van der Waals surface area contributed by atoms with Gasteiger partial charge in [0.05, 0.1) is 9.77 Å². The molecule has 0 unspecified atom stereocenters. The summed E-state index contributed by atoms with van der Waals surface area (Å²) in [4.78, 5) is 29.7. The van der Waals surface area contributed by atoms with E-state index < -0.39 is 21.9 Å². The highest BCUT2D eigenvalue weighted by Gasteiger charge is 2.39. The van der Waals surface area contributed by atoms with E-state index in [4.69, 9.17) is 0 Å². The highest BCUT2D eigenvalue weighted by atomic mass is 32.2. The topological polar surface area (TPSA) is 78.0 Å². The standard InChI is InChI=1S/C20H22FN3O4S2/c21-15-5-7-16(8-6-15)30(27,28)23-12-10-22(11-13-23)19(25)17-3-1-9-24(17)20(26)18-4-2-14-29-18/h2,4-8,14,17H,1,3,9-13H2/t17-/m0/s1. The lowest BCUT2D eigenvalue weighted by atomic mass is 10.1. The van der Waals surface area contributed by atoms with Crippen molar-refractivity contribution in [2.75, 3.05) is 32.7 Å². The lowest BCUT2D eigenvalue weighted by Gasteiger charge is -2.36. The number of sulfonamides is 1. The zero-order valence-electron chi connectivity index (χ0n) is 16.2. The smallest absolute Gasteiger partial charge is 0.264 e. The first kappa shape index (κ1) is 21.0. The van der Waals surface area contributed by atoms with Crippen LogP contribution in [0.1, 0.15) is 22.5 Å². The molecule has 0 radical (unpaired) electrons. The molecule has 30 heavy (non-hydrogen) atoms. The number of hydrogen-bond donors (Lipinski definition) is 0. The number of nitrogens with zero attached hydrogens (tertiary/aromatic N) is 3. The summed E-state index contributed by atoms with van der Waals surface area (Å²) in [5, 5.41) is 1.83. The van der Waals surface area contributed by atoms with E-state index in [1.54, 1.807) is 15.9 Å². The number of amides is 2. The van der Waals surface area contributed by atoms with Crippen LogP contribution in [0.3, 0.4) is 0 Å². The summed E-state index contributed by atoms with van der Waals surface area (Å²) < 4.78 is 39.9. The van der Waals surface area contributed by atoms with Crippen molar-refractivity contribution in [3.8, 4) is 0 Å². The SMILES string of the molecule is O=C([C@@H]1CCCN1C(=O)c1cccs1)N1CCN(S(=O)(=O)c2ccc(F)cc2)CC1. The minimum absolute atomic E-state index is 0.0344. The molecule has 2 saturated heterocycles. The van der Waals surface area contributed by atoms with Crippen molar-refractivity contribution in [2.45, 2.75) is 23.8 Å². The van der Waals surface area contributed by atoms with Crippen LogP contribution >= 0.6 is 11.3 Å². The van der Waals surface area contributed by atoms with Gasteiger partial charge in [0, 0.05) is 32.7 Å². The second kappa shape index (κ2) is 8.44. The van der Waals surface area contributed by atoms with Gasteiger partial charge in [0.25, 0.3) is 5.91 Å². The number of likely N-dealkylation sites (tertiary alicyclic amines) is 1. The van der Waals surface area contributed by atoms with Crippen molar-refractivity contribution in [2.24, 2.45) is 0 Å². The summed E-state index contributed by atoms with van der Waals surface area (Å²) in [7, 11) is -3.74. The van der Waals surface area contributed by atoms with Crippen LogP contribution in [-0.4, -0.2) is 73.1 Å². The molecule has 0 N–H and O–H groups in total. The molecule has 2 amide bonds.